The summed E-state index contributed by atoms with van der Waals surface area (Å²) < 4.78 is 0. The number of rotatable bonds is 1. The second kappa shape index (κ2) is 2.55. The fourth-order valence-electron chi connectivity index (χ4n) is 0.788. The van der Waals surface area contributed by atoms with E-state index in [0.29, 0.717) is 6.54 Å². The van der Waals surface area contributed by atoms with Crippen LogP contribution in [0.5, 0.6) is 0 Å². The second-order valence-corrected chi connectivity index (χ2v) is 2.02. The molecule has 56 valence electrons. The summed E-state index contributed by atoms with van der Waals surface area (Å²) in [5.41, 5.74) is 0. The maximum Gasteiger partial charge on any atom is 0.315 e. The van der Waals surface area contributed by atoms with Crippen molar-refractivity contribution in [2.24, 2.45) is 0 Å². The zero-order valence-corrected chi connectivity index (χ0v) is 5.60. The highest BCUT2D eigenvalue weighted by Crippen LogP contribution is 1.88. The minimum absolute atomic E-state index is 0.168. The van der Waals surface area contributed by atoms with Gasteiger partial charge in [-0.05, 0) is 0 Å². The molecule has 1 aliphatic heterocycles. The van der Waals surface area contributed by atoms with Crippen molar-refractivity contribution in [3.05, 3.63) is 0 Å². The van der Waals surface area contributed by atoms with E-state index in [9.17, 15) is 9.59 Å². The molecule has 0 radical (unpaired) electrons. The van der Waals surface area contributed by atoms with Crippen molar-refractivity contribution in [3.63, 3.8) is 0 Å². The van der Waals surface area contributed by atoms with E-state index < -0.39 is 6.04 Å². The van der Waals surface area contributed by atoms with Gasteiger partial charge in [0.2, 0.25) is 5.91 Å². The van der Waals surface area contributed by atoms with Crippen LogP contribution in [0.2, 0.25) is 0 Å². The molecule has 3 amide bonds. The molecule has 5 heteroatoms. The van der Waals surface area contributed by atoms with E-state index in [-0.39, 0.29) is 11.9 Å². The molecule has 0 bridgehead atoms. The molecule has 1 fully saturated rings. The van der Waals surface area contributed by atoms with Gasteiger partial charge in [-0.1, -0.05) is 0 Å². The number of carbonyl (C=O) groups excluding carboxylic acids is 2. The monoisotopic (exact) mass is 143 g/mol. The van der Waals surface area contributed by atoms with Gasteiger partial charge in [-0.25, -0.2) is 4.79 Å². The molecule has 0 aromatic carbocycles. The predicted octanol–water partition coefficient (Wildman–Crippen LogP) is -1.59. The topological polar surface area (TPSA) is 70.2 Å². The minimum atomic E-state index is -0.405. The Morgan fingerprint density at radius 2 is 2.50 bits per heavy atom. The number of hydrogen-bond acceptors (Lipinski definition) is 2. The highest BCUT2D eigenvalue weighted by atomic mass is 16.2. The highest BCUT2D eigenvalue weighted by molar-refractivity contribution is 5.90. The molecule has 0 spiro atoms. The van der Waals surface area contributed by atoms with Crippen molar-refractivity contribution in [2.75, 3.05) is 13.6 Å². The number of hydrogen-bond donors (Lipinski definition) is 3. The molecule has 5 nitrogen and oxygen atoms in total. The zero-order valence-electron chi connectivity index (χ0n) is 5.60. The molecule has 1 heterocycles. The highest BCUT2D eigenvalue weighted by Gasteiger charge is 2.25. The van der Waals surface area contributed by atoms with Gasteiger partial charge in [0.1, 0.15) is 6.04 Å². The lowest BCUT2D eigenvalue weighted by molar-refractivity contribution is -0.121. The first-order valence-corrected chi connectivity index (χ1v) is 3.00. The van der Waals surface area contributed by atoms with E-state index in [2.05, 4.69) is 16.0 Å². The molecule has 3 N–H and O–H groups in total. The number of likely N-dealkylation sites (N-methyl/N-ethyl adjacent to an activating group) is 1. The fraction of sp³-hybridized carbons (Fsp3) is 0.600. The summed E-state index contributed by atoms with van der Waals surface area (Å²) in [7, 11) is 1.53. The minimum Gasteiger partial charge on any atom is -0.357 e. The molecule has 0 saturated carbocycles. The number of nitrogens with one attached hydrogen (secondary N) is 3. The third kappa shape index (κ3) is 1.18. The van der Waals surface area contributed by atoms with E-state index in [1.807, 2.05) is 0 Å². The van der Waals surface area contributed by atoms with Gasteiger partial charge in [0.05, 0.1) is 0 Å². The molecule has 1 unspecified atom stereocenters. The van der Waals surface area contributed by atoms with E-state index in [1.165, 1.54) is 7.05 Å². The number of carbonyl (C=O) groups is 2. The van der Waals surface area contributed by atoms with Crippen molar-refractivity contribution in [2.45, 2.75) is 6.04 Å². The lowest BCUT2D eigenvalue weighted by Gasteiger charge is -2.04. The van der Waals surface area contributed by atoms with Crippen LogP contribution in [0.3, 0.4) is 0 Å². The largest absolute Gasteiger partial charge is 0.357 e. The Morgan fingerprint density at radius 1 is 1.80 bits per heavy atom. The molecular formula is C5H9N3O2. The fourth-order valence-corrected chi connectivity index (χ4v) is 0.788. The van der Waals surface area contributed by atoms with E-state index >= 15 is 0 Å². The summed E-state index contributed by atoms with van der Waals surface area (Å²) in [5, 5.41) is 7.35. The zero-order chi connectivity index (χ0) is 7.56. The Labute approximate surface area is 58.2 Å². The molecular weight excluding hydrogens is 134 g/mol. The predicted molar refractivity (Wildman–Crippen MR) is 34.4 cm³/mol. The van der Waals surface area contributed by atoms with E-state index in [1.54, 1.807) is 0 Å². The smallest absolute Gasteiger partial charge is 0.315 e. The van der Waals surface area contributed by atoms with Crippen molar-refractivity contribution in [1.29, 1.82) is 0 Å². The Kier molecular flexibility index (Phi) is 1.75. The van der Waals surface area contributed by atoms with E-state index in [0.717, 1.165) is 0 Å². The van der Waals surface area contributed by atoms with Crippen LogP contribution in [0.15, 0.2) is 0 Å². The molecule has 1 saturated heterocycles. The number of amides is 3. The average Bonchev–Trinajstić information content (AvgIpc) is 2.34. The summed E-state index contributed by atoms with van der Waals surface area (Å²) in [6, 6.07) is -0.689. The quantitative estimate of drug-likeness (QED) is 0.414. The van der Waals surface area contributed by atoms with Crippen LogP contribution in [0.4, 0.5) is 4.79 Å². The van der Waals surface area contributed by atoms with Crippen LogP contribution in [-0.4, -0.2) is 31.6 Å². The number of urea groups is 1. The summed E-state index contributed by atoms with van der Waals surface area (Å²) in [5.74, 6) is -0.168. The van der Waals surface area contributed by atoms with Gasteiger partial charge in [-0.15, -0.1) is 0 Å². The van der Waals surface area contributed by atoms with E-state index in [4.69, 9.17) is 0 Å². The second-order valence-electron chi connectivity index (χ2n) is 2.02. The molecule has 1 atom stereocenters. The lowest BCUT2D eigenvalue weighted by Crippen LogP contribution is -2.41. The van der Waals surface area contributed by atoms with Crippen LogP contribution < -0.4 is 16.0 Å². The first-order valence-electron chi connectivity index (χ1n) is 3.00. The van der Waals surface area contributed by atoms with Crippen LogP contribution in [0.25, 0.3) is 0 Å². The van der Waals surface area contributed by atoms with Gasteiger partial charge < -0.3 is 16.0 Å². The normalized spacial score (nSPS) is 23.3. The average molecular weight is 143 g/mol. The van der Waals surface area contributed by atoms with Crippen molar-refractivity contribution < 1.29 is 9.59 Å². The Morgan fingerprint density at radius 3 is 2.90 bits per heavy atom. The van der Waals surface area contributed by atoms with Crippen molar-refractivity contribution in [3.8, 4) is 0 Å². The van der Waals surface area contributed by atoms with Gasteiger partial charge in [0.25, 0.3) is 0 Å². The van der Waals surface area contributed by atoms with Crippen LogP contribution in [0.1, 0.15) is 0 Å². The van der Waals surface area contributed by atoms with Gasteiger partial charge in [0.15, 0.2) is 0 Å². The van der Waals surface area contributed by atoms with Gasteiger partial charge in [-0.3, -0.25) is 4.79 Å². The maximum absolute atomic E-state index is 10.8. The first-order chi connectivity index (χ1) is 4.74. The molecule has 0 aromatic heterocycles. The SMILES string of the molecule is CNC(=O)C1CNC(=O)N1. The summed E-state index contributed by atoms with van der Waals surface area (Å²) in [6.45, 7) is 0.374. The molecule has 1 rings (SSSR count). The first kappa shape index (κ1) is 6.85. The molecule has 0 aliphatic carbocycles. The molecule has 10 heavy (non-hydrogen) atoms. The van der Waals surface area contributed by atoms with Gasteiger partial charge in [-0.2, -0.15) is 0 Å². The summed E-state index contributed by atoms with van der Waals surface area (Å²) in [6.07, 6.45) is 0. The van der Waals surface area contributed by atoms with Crippen molar-refractivity contribution in [1.82, 2.24) is 16.0 Å². The standard InChI is InChI=1S/C5H9N3O2/c1-6-4(9)3-2-7-5(10)8-3/h3H,2H2,1H3,(H,6,9)(H2,7,8,10). The summed E-state index contributed by atoms with van der Waals surface area (Å²) >= 11 is 0. The molecule has 1 aliphatic rings. The van der Waals surface area contributed by atoms with Crippen LogP contribution in [-0.2, 0) is 4.79 Å². The third-order valence-corrected chi connectivity index (χ3v) is 1.33. The van der Waals surface area contributed by atoms with Crippen LogP contribution >= 0.6 is 0 Å². The lowest BCUT2D eigenvalue weighted by atomic mass is 10.3. The van der Waals surface area contributed by atoms with Gasteiger partial charge >= 0.3 is 6.03 Å². The van der Waals surface area contributed by atoms with Gasteiger partial charge in [0, 0.05) is 13.6 Å². The van der Waals surface area contributed by atoms with Crippen molar-refractivity contribution >= 4 is 11.9 Å². The maximum atomic E-state index is 10.8. The Bertz CT molecular complexity index is 168. The Hall–Kier alpha value is -1.26. The van der Waals surface area contributed by atoms with Crippen LogP contribution in [0, 0.1) is 0 Å². The molecule has 0 aromatic rings. The Balaban J connectivity index is 2.44. The third-order valence-electron chi connectivity index (χ3n) is 1.33. The summed E-state index contributed by atoms with van der Waals surface area (Å²) in [4.78, 5) is 21.3.